The van der Waals surface area contributed by atoms with Gasteiger partial charge in [-0.3, -0.25) is 20.2 Å². The third-order valence-electron chi connectivity index (χ3n) is 4.38. The van der Waals surface area contributed by atoms with Crippen molar-refractivity contribution in [3.63, 3.8) is 0 Å². The fourth-order valence-electron chi connectivity index (χ4n) is 3.01. The van der Waals surface area contributed by atoms with Crippen LogP contribution in [-0.2, 0) is 12.8 Å². The van der Waals surface area contributed by atoms with Crippen molar-refractivity contribution in [2.24, 2.45) is 0 Å². The summed E-state index contributed by atoms with van der Waals surface area (Å²) < 4.78 is 0. The molecule has 0 amide bonds. The van der Waals surface area contributed by atoms with E-state index in [0.717, 1.165) is 35.1 Å². The summed E-state index contributed by atoms with van der Waals surface area (Å²) in [7, 11) is 0. The molecule has 0 atom stereocenters. The Hall–Kier alpha value is -2.76. The molecule has 0 heterocycles. The van der Waals surface area contributed by atoms with E-state index in [1.807, 2.05) is 20.8 Å². The molecule has 6 heteroatoms. The predicted octanol–water partition coefficient (Wildman–Crippen LogP) is 4.78. The van der Waals surface area contributed by atoms with Gasteiger partial charge in [0.05, 0.1) is 9.85 Å². The molecule has 0 spiro atoms. The molecule has 0 saturated carbocycles. The zero-order chi connectivity index (χ0) is 17.9. The maximum absolute atomic E-state index is 11.1. The summed E-state index contributed by atoms with van der Waals surface area (Å²) >= 11 is 0. The standard InChI is InChI=1S/C18H20N2O4/c1-4-13-6-8-15(19(21)22)10-17(13)12(3)18-11-16(20(23)24)9-7-14(18)5-2/h6-12H,4-5H2,1-3H3. The normalized spacial score (nSPS) is 10.8. The van der Waals surface area contributed by atoms with Crippen molar-refractivity contribution in [2.75, 3.05) is 0 Å². The molecule has 0 bridgehead atoms. The zero-order valence-electron chi connectivity index (χ0n) is 14.0. The highest BCUT2D eigenvalue weighted by Crippen LogP contribution is 2.34. The summed E-state index contributed by atoms with van der Waals surface area (Å²) in [5.41, 5.74) is 3.81. The van der Waals surface area contributed by atoms with Crippen molar-refractivity contribution >= 4 is 11.4 Å². The van der Waals surface area contributed by atoms with E-state index in [1.165, 1.54) is 12.1 Å². The van der Waals surface area contributed by atoms with Crippen LogP contribution in [0, 0.1) is 20.2 Å². The molecule has 0 aliphatic rings. The summed E-state index contributed by atoms with van der Waals surface area (Å²) in [6.07, 6.45) is 1.49. The minimum atomic E-state index is -0.413. The first kappa shape index (κ1) is 17.6. The van der Waals surface area contributed by atoms with Gasteiger partial charge in [0.25, 0.3) is 11.4 Å². The molecular formula is C18H20N2O4. The van der Waals surface area contributed by atoms with Gasteiger partial charge in [0, 0.05) is 30.2 Å². The molecule has 0 aliphatic heterocycles. The van der Waals surface area contributed by atoms with E-state index in [1.54, 1.807) is 24.3 Å². The first-order valence-corrected chi connectivity index (χ1v) is 7.93. The van der Waals surface area contributed by atoms with Crippen LogP contribution in [-0.4, -0.2) is 9.85 Å². The molecule has 6 nitrogen and oxygen atoms in total. The highest BCUT2D eigenvalue weighted by Gasteiger charge is 2.20. The van der Waals surface area contributed by atoms with Crippen LogP contribution in [0.1, 0.15) is 48.9 Å². The number of hydrogen-bond donors (Lipinski definition) is 0. The third-order valence-corrected chi connectivity index (χ3v) is 4.38. The second-order valence-corrected chi connectivity index (χ2v) is 5.71. The Labute approximate surface area is 140 Å². The number of benzene rings is 2. The Morgan fingerprint density at radius 2 is 1.21 bits per heavy atom. The smallest absolute Gasteiger partial charge is 0.258 e. The monoisotopic (exact) mass is 328 g/mol. The van der Waals surface area contributed by atoms with Gasteiger partial charge in [0.2, 0.25) is 0 Å². The van der Waals surface area contributed by atoms with Gasteiger partial charge in [0.15, 0.2) is 0 Å². The van der Waals surface area contributed by atoms with E-state index in [0.29, 0.717) is 0 Å². The molecule has 126 valence electrons. The molecule has 2 aromatic carbocycles. The average Bonchev–Trinajstić information content (AvgIpc) is 2.59. The second-order valence-electron chi connectivity index (χ2n) is 5.71. The van der Waals surface area contributed by atoms with Crippen molar-refractivity contribution in [1.29, 1.82) is 0 Å². The molecule has 0 radical (unpaired) electrons. The maximum atomic E-state index is 11.1. The van der Waals surface area contributed by atoms with E-state index >= 15 is 0 Å². The minimum Gasteiger partial charge on any atom is -0.258 e. The van der Waals surface area contributed by atoms with E-state index in [2.05, 4.69) is 0 Å². The van der Waals surface area contributed by atoms with Gasteiger partial charge in [-0.05, 0) is 35.1 Å². The molecule has 2 aromatic rings. The summed E-state index contributed by atoms with van der Waals surface area (Å²) in [5, 5.41) is 22.2. The van der Waals surface area contributed by atoms with Crippen LogP contribution >= 0.6 is 0 Å². The molecule has 0 N–H and O–H groups in total. The highest BCUT2D eigenvalue weighted by atomic mass is 16.6. The lowest BCUT2D eigenvalue weighted by atomic mass is 9.85. The number of hydrogen-bond acceptors (Lipinski definition) is 4. The van der Waals surface area contributed by atoms with Crippen LogP contribution in [0.15, 0.2) is 36.4 Å². The van der Waals surface area contributed by atoms with Gasteiger partial charge in [-0.1, -0.05) is 32.9 Å². The second kappa shape index (κ2) is 7.21. The largest absolute Gasteiger partial charge is 0.269 e. The van der Waals surface area contributed by atoms with Crippen molar-refractivity contribution in [3.8, 4) is 0 Å². The van der Waals surface area contributed by atoms with Crippen LogP contribution in [0.3, 0.4) is 0 Å². The number of nitro groups is 2. The Morgan fingerprint density at radius 1 is 0.833 bits per heavy atom. The first-order chi connectivity index (χ1) is 11.4. The number of nitro benzene ring substituents is 2. The summed E-state index contributed by atoms with van der Waals surface area (Å²) in [4.78, 5) is 21.4. The topological polar surface area (TPSA) is 86.3 Å². The minimum absolute atomic E-state index is 0.0394. The molecule has 2 rings (SSSR count). The van der Waals surface area contributed by atoms with Crippen molar-refractivity contribution < 1.29 is 9.85 Å². The molecule has 0 saturated heterocycles. The molecule has 0 unspecified atom stereocenters. The molecule has 0 aliphatic carbocycles. The number of non-ortho nitro benzene ring substituents is 2. The zero-order valence-corrected chi connectivity index (χ0v) is 14.0. The average molecular weight is 328 g/mol. The Balaban J connectivity index is 2.61. The van der Waals surface area contributed by atoms with Gasteiger partial charge in [0.1, 0.15) is 0 Å². The predicted molar refractivity (Wildman–Crippen MR) is 92.5 cm³/mol. The van der Waals surface area contributed by atoms with E-state index in [9.17, 15) is 20.2 Å². The Bertz CT molecular complexity index is 721. The third kappa shape index (κ3) is 3.42. The lowest BCUT2D eigenvalue weighted by Crippen LogP contribution is -2.06. The van der Waals surface area contributed by atoms with E-state index in [-0.39, 0.29) is 17.3 Å². The number of nitrogens with zero attached hydrogens (tertiary/aromatic N) is 2. The maximum Gasteiger partial charge on any atom is 0.269 e. The van der Waals surface area contributed by atoms with E-state index < -0.39 is 9.85 Å². The fourth-order valence-corrected chi connectivity index (χ4v) is 3.01. The summed E-state index contributed by atoms with van der Waals surface area (Å²) in [6.45, 7) is 5.92. The SMILES string of the molecule is CCc1ccc([N+](=O)[O-])cc1C(C)c1cc([N+](=O)[O-])ccc1CC. The van der Waals surface area contributed by atoms with Crippen molar-refractivity contribution in [3.05, 3.63) is 78.9 Å². The van der Waals surface area contributed by atoms with Crippen LogP contribution in [0.25, 0.3) is 0 Å². The van der Waals surface area contributed by atoms with Crippen LogP contribution in [0.5, 0.6) is 0 Å². The molecule has 0 aromatic heterocycles. The lowest BCUT2D eigenvalue weighted by molar-refractivity contribution is -0.385. The molecular weight excluding hydrogens is 308 g/mol. The van der Waals surface area contributed by atoms with Gasteiger partial charge in [-0.15, -0.1) is 0 Å². The van der Waals surface area contributed by atoms with Gasteiger partial charge >= 0.3 is 0 Å². The number of rotatable bonds is 6. The van der Waals surface area contributed by atoms with Crippen molar-refractivity contribution in [2.45, 2.75) is 39.5 Å². The first-order valence-electron chi connectivity index (χ1n) is 7.93. The molecule has 0 fully saturated rings. The highest BCUT2D eigenvalue weighted by molar-refractivity contribution is 5.49. The van der Waals surface area contributed by atoms with Crippen LogP contribution in [0.2, 0.25) is 0 Å². The van der Waals surface area contributed by atoms with Crippen LogP contribution in [0.4, 0.5) is 11.4 Å². The fraction of sp³-hybridized carbons (Fsp3) is 0.333. The number of aryl methyl sites for hydroxylation is 2. The quantitative estimate of drug-likeness (QED) is 0.564. The van der Waals surface area contributed by atoms with Gasteiger partial charge in [-0.2, -0.15) is 0 Å². The molecule has 24 heavy (non-hydrogen) atoms. The van der Waals surface area contributed by atoms with Crippen LogP contribution < -0.4 is 0 Å². The Kier molecular flexibility index (Phi) is 5.28. The van der Waals surface area contributed by atoms with Crippen molar-refractivity contribution in [1.82, 2.24) is 0 Å². The Morgan fingerprint density at radius 3 is 1.50 bits per heavy atom. The summed E-state index contributed by atoms with van der Waals surface area (Å²) in [5.74, 6) is -0.158. The lowest BCUT2D eigenvalue weighted by Gasteiger charge is -2.19. The van der Waals surface area contributed by atoms with Gasteiger partial charge in [-0.25, -0.2) is 0 Å². The van der Waals surface area contributed by atoms with Gasteiger partial charge < -0.3 is 0 Å². The summed E-state index contributed by atoms with van der Waals surface area (Å²) in [6, 6.07) is 9.72. The van der Waals surface area contributed by atoms with E-state index in [4.69, 9.17) is 0 Å².